The van der Waals surface area contributed by atoms with E-state index in [0.717, 1.165) is 5.56 Å². The molecule has 134 valence electrons. The Morgan fingerprint density at radius 3 is 1.96 bits per heavy atom. The largest absolute Gasteiger partial charge is 0.493 e. The number of carbonyl (C=O) groups is 1. The zero-order chi connectivity index (χ0) is 18.2. The highest BCUT2D eigenvalue weighted by Gasteiger charge is 2.16. The lowest BCUT2D eigenvalue weighted by Crippen LogP contribution is -2.10. The Kier molecular flexibility index (Phi) is 6.51. The van der Waals surface area contributed by atoms with E-state index in [0.29, 0.717) is 29.4 Å². The quantitative estimate of drug-likeness (QED) is 0.540. The predicted molar refractivity (Wildman–Crippen MR) is 93.0 cm³/mol. The minimum Gasteiger partial charge on any atom is -0.493 e. The minimum atomic E-state index is -0.377. The van der Waals surface area contributed by atoms with E-state index in [9.17, 15) is 4.79 Å². The Morgan fingerprint density at radius 1 is 0.800 bits per heavy atom. The third kappa shape index (κ3) is 4.56. The van der Waals surface area contributed by atoms with Crippen LogP contribution in [0.2, 0.25) is 0 Å². The molecule has 0 aliphatic rings. The van der Waals surface area contributed by atoms with Crippen LogP contribution in [0.25, 0.3) is 0 Å². The summed E-state index contributed by atoms with van der Waals surface area (Å²) in [6.45, 7) is 0. The molecular weight excluding hydrogens is 324 g/mol. The van der Waals surface area contributed by atoms with Crippen molar-refractivity contribution in [3.8, 4) is 28.7 Å². The van der Waals surface area contributed by atoms with Gasteiger partial charge in [-0.05, 0) is 36.2 Å². The van der Waals surface area contributed by atoms with E-state index in [4.69, 9.17) is 23.7 Å². The van der Waals surface area contributed by atoms with Crippen LogP contribution in [0.5, 0.6) is 28.7 Å². The van der Waals surface area contributed by atoms with Gasteiger partial charge in [-0.2, -0.15) is 0 Å². The van der Waals surface area contributed by atoms with Crippen LogP contribution in [0.4, 0.5) is 0 Å². The Morgan fingerprint density at radius 2 is 1.40 bits per heavy atom. The van der Waals surface area contributed by atoms with Gasteiger partial charge in [0.05, 0.1) is 28.4 Å². The molecule has 0 bridgehead atoms. The Hall–Kier alpha value is -2.89. The first-order valence-electron chi connectivity index (χ1n) is 7.75. The number of ether oxygens (including phenoxy) is 5. The van der Waals surface area contributed by atoms with Crippen molar-refractivity contribution in [3.63, 3.8) is 0 Å². The van der Waals surface area contributed by atoms with Gasteiger partial charge >= 0.3 is 5.97 Å². The van der Waals surface area contributed by atoms with Crippen molar-refractivity contribution in [1.29, 1.82) is 0 Å². The molecular formula is C19H22O6. The molecule has 0 saturated carbocycles. The molecule has 0 aliphatic carbocycles. The van der Waals surface area contributed by atoms with Crippen molar-refractivity contribution in [2.24, 2.45) is 0 Å². The Balaban J connectivity index is 2.04. The predicted octanol–water partition coefficient (Wildman–Crippen LogP) is 3.26. The SMILES string of the molecule is COc1ccc(CCC(=O)Oc2c(OC)cccc2OC)cc1OC. The molecule has 0 amide bonds. The van der Waals surface area contributed by atoms with Crippen LogP contribution in [-0.4, -0.2) is 34.4 Å². The molecule has 0 unspecified atom stereocenters. The lowest BCUT2D eigenvalue weighted by atomic mass is 10.1. The second-order valence-corrected chi connectivity index (χ2v) is 5.16. The number of para-hydroxylation sites is 1. The lowest BCUT2D eigenvalue weighted by molar-refractivity contribution is -0.134. The van der Waals surface area contributed by atoms with E-state index < -0.39 is 0 Å². The first-order chi connectivity index (χ1) is 12.1. The lowest BCUT2D eigenvalue weighted by Gasteiger charge is -2.13. The monoisotopic (exact) mass is 346 g/mol. The van der Waals surface area contributed by atoms with Crippen molar-refractivity contribution < 1.29 is 28.5 Å². The fourth-order valence-corrected chi connectivity index (χ4v) is 2.37. The third-order valence-corrected chi connectivity index (χ3v) is 3.66. The molecule has 0 heterocycles. The number of benzene rings is 2. The zero-order valence-electron chi connectivity index (χ0n) is 14.8. The van der Waals surface area contributed by atoms with E-state index in [2.05, 4.69) is 0 Å². The summed E-state index contributed by atoms with van der Waals surface area (Å²) >= 11 is 0. The summed E-state index contributed by atoms with van der Waals surface area (Å²) in [5.74, 6) is 2.06. The third-order valence-electron chi connectivity index (χ3n) is 3.66. The highest BCUT2D eigenvalue weighted by molar-refractivity contribution is 5.75. The molecule has 6 heteroatoms. The van der Waals surface area contributed by atoms with Gasteiger partial charge in [0.25, 0.3) is 0 Å². The summed E-state index contributed by atoms with van der Waals surface area (Å²) in [5, 5.41) is 0. The van der Waals surface area contributed by atoms with Gasteiger partial charge in [0, 0.05) is 6.42 Å². The van der Waals surface area contributed by atoms with E-state index >= 15 is 0 Å². The molecule has 0 atom stereocenters. The van der Waals surface area contributed by atoms with Gasteiger partial charge in [-0.15, -0.1) is 0 Å². The number of hydrogen-bond donors (Lipinski definition) is 0. The van der Waals surface area contributed by atoms with Gasteiger partial charge in [0.15, 0.2) is 23.0 Å². The van der Waals surface area contributed by atoms with Gasteiger partial charge in [-0.25, -0.2) is 0 Å². The summed E-state index contributed by atoms with van der Waals surface area (Å²) < 4.78 is 26.3. The maximum atomic E-state index is 12.2. The van der Waals surface area contributed by atoms with Gasteiger partial charge in [0.1, 0.15) is 0 Å². The van der Waals surface area contributed by atoms with Crippen LogP contribution < -0.4 is 23.7 Å². The van der Waals surface area contributed by atoms with Gasteiger partial charge in [0.2, 0.25) is 5.75 Å². The molecule has 25 heavy (non-hydrogen) atoms. The molecule has 2 aromatic rings. The fraction of sp³-hybridized carbons (Fsp3) is 0.316. The number of carbonyl (C=O) groups excluding carboxylic acids is 1. The molecule has 6 nitrogen and oxygen atoms in total. The van der Waals surface area contributed by atoms with Crippen LogP contribution >= 0.6 is 0 Å². The summed E-state index contributed by atoms with van der Waals surface area (Å²) in [4.78, 5) is 12.2. The molecule has 0 spiro atoms. The maximum absolute atomic E-state index is 12.2. The van der Waals surface area contributed by atoms with E-state index in [1.165, 1.54) is 14.2 Å². The molecule has 2 rings (SSSR count). The summed E-state index contributed by atoms with van der Waals surface area (Å²) in [6, 6.07) is 10.7. The summed E-state index contributed by atoms with van der Waals surface area (Å²) in [7, 11) is 6.17. The number of methoxy groups -OCH3 is 4. The summed E-state index contributed by atoms with van der Waals surface area (Å²) in [6.07, 6.45) is 0.716. The van der Waals surface area contributed by atoms with E-state index in [1.807, 2.05) is 18.2 Å². The van der Waals surface area contributed by atoms with Crippen molar-refractivity contribution >= 4 is 5.97 Å². The fourth-order valence-electron chi connectivity index (χ4n) is 2.37. The van der Waals surface area contributed by atoms with Crippen LogP contribution in [-0.2, 0) is 11.2 Å². The number of rotatable bonds is 8. The van der Waals surface area contributed by atoms with Crippen LogP contribution in [0, 0.1) is 0 Å². The van der Waals surface area contributed by atoms with Crippen LogP contribution in [0.1, 0.15) is 12.0 Å². The van der Waals surface area contributed by atoms with Gasteiger partial charge in [-0.3, -0.25) is 4.79 Å². The van der Waals surface area contributed by atoms with Crippen molar-refractivity contribution in [2.45, 2.75) is 12.8 Å². The number of hydrogen-bond acceptors (Lipinski definition) is 6. The first-order valence-corrected chi connectivity index (χ1v) is 7.75. The zero-order valence-corrected chi connectivity index (χ0v) is 14.8. The molecule has 0 aliphatic heterocycles. The molecule has 0 N–H and O–H groups in total. The van der Waals surface area contributed by atoms with E-state index in [1.54, 1.807) is 32.4 Å². The van der Waals surface area contributed by atoms with Gasteiger partial charge < -0.3 is 23.7 Å². The maximum Gasteiger partial charge on any atom is 0.311 e. The molecule has 2 aromatic carbocycles. The first kappa shape index (κ1) is 18.4. The number of aryl methyl sites for hydroxylation is 1. The number of esters is 1. The summed E-state index contributed by atoms with van der Waals surface area (Å²) in [5.41, 5.74) is 0.946. The molecule has 0 fully saturated rings. The average molecular weight is 346 g/mol. The van der Waals surface area contributed by atoms with E-state index in [-0.39, 0.29) is 18.1 Å². The van der Waals surface area contributed by atoms with Crippen LogP contribution in [0.15, 0.2) is 36.4 Å². The highest BCUT2D eigenvalue weighted by atomic mass is 16.6. The van der Waals surface area contributed by atoms with Crippen LogP contribution in [0.3, 0.4) is 0 Å². The normalized spacial score (nSPS) is 10.1. The Bertz CT molecular complexity index is 704. The van der Waals surface area contributed by atoms with Crippen molar-refractivity contribution in [1.82, 2.24) is 0 Å². The second kappa shape index (κ2) is 8.82. The van der Waals surface area contributed by atoms with Gasteiger partial charge in [-0.1, -0.05) is 12.1 Å². The van der Waals surface area contributed by atoms with Crippen molar-refractivity contribution in [2.75, 3.05) is 28.4 Å². The molecule has 0 radical (unpaired) electrons. The molecule has 0 saturated heterocycles. The smallest absolute Gasteiger partial charge is 0.311 e. The minimum absolute atomic E-state index is 0.205. The van der Waals surface area contributed by atoms with Crippen molar-refractivity contribution in [3.05, 3.63) is 42.0 Å². The molecule has 0 aromatic heterocycles. The topological polar surface area (TPSA) is 63.2 Å². The second-order valence-electron chi connectivity index (χ2n) is 5.16. The highest BCUT2D eigenvalue weighted by Crippen LogP contribution is 2.37. The Labute approximate surface area is 147 Å². The average Bonchev–Trinajstić information content (AvgIpc) is 2.66. The standard InChI is InChI=1S/C19H22O6/c1-21-14-10-8-13(12-17(14)24-4)9-11-18(20)25-19-15(22-2)6-5-7-16(19)23-3/h5-8,10,12H,9,11H2,1-4H3.